The van der Waals surface area contributed by atoms with Gasteiger partial charge in [0.2, 0.25) is 5.88 Å². The summed E-state index contributed by atoms with van der Waals surface area (Å²) < 4.78 is 18.2. The largest absolute Gasteiger partial charge is 0.497 e. The van der Waals surface area contributed by atoms with E-state index >= 15 is 0 Å². The molecule has 0 aliphatic carbocycles. The fraction of sp³-hybridized carbons (Fsp3) is 0.308. The highest BCUT2D eigenvalue weighted by molar-refractivity contribution is 5.94. The highest BCUT2D eigenvalue weighted by Crippen LogP contribution is 2.32. The van der Waals surface area contributed by atoms with Crippen LogP contribution >= 0.6 is 0 Å². The van der Waals surface area contributed by atoms with Crippen molar-refractivity contribution < 1.29 is 19.0 Å². The van der Waals surface area contributed by atoms with E-state index in [2.05, 4.69) is 41.4 Å². The molecule has 0 saturated carbocycles. The number of fused-ring (bicyclic) bond motifs is 1. The molecule has 0 fully saturated rings. The number of nitrogens with one attached hydrogen (secondary N) is 1. The predicted molar refractivity (Wildman–Crippen MR) is 132 cm³/mol. The van der Waals surface area contributed by atoms with Gasteiger partial charge in [-0.2, -0.15) is 4.52 Å². The van der Waals surface area contributed by atoms with Gasteiger partial charge in [-0.25, -0.2) is 0 Å². The first-order chi connectivity index (χ1) is 16.8. The van der Waals surface area contributed by atoms with E-state index in [0.717, 1.165) is 0 Å². The smallest absolute Gasteiger partial charge is 0.251 e. The first-order valence-electron chi connectivity index (χ1n) is 11.3. The van der Waals surface area contributed by atoms with Gasteiger partial charge in [0.1, 0.15) is 18.1 Å². The summed E-state index contributed by atoms with van der Waals surface area (Å²) in [7, 11) is 3.18. The quantitative estimate of drug-likeness (QED) is 0.386. The van der Waals surface area contributed by atoms with Crippen molar-refractivity contribution in [2.24, 2.45) is 0 Å². The maximum Gasteiger partial charge on any atom is 0.251 e. The Balaban J connectivity index is 1.41. The van der Waals surface area contributed by atoms with Crippen molar-refractivity contribution in [3.8, 4) is 28.8 Å². The first-order valence-corrected chi connectivity index (χ1v) is 11.3. The molecule has 0 atom stereocenters. The summed E-state index contributed by atoms with van der Waals surface area (Å²) in [5.74, 6) is 2.00. The Bertz CT molecular complexity index is 1330. The number of methoxy groups -OCH3 is 2. The van der Waals surface area contributed by atoms with Crippen molar-refractivity contribution in [2.45, 2.75) is 26.2 Å². The topological polar surface area (TPSA) is 99.9 Å². The van der Waals surface area contributed by atoms with E-state index in [0.29, 0.717) is 46.5 Å². The van der Waals surface area contributed by atoms with E-state index in [1.165, 1.54) is 5.56 Å². The molecular weight excluding hydrogens is 446 g/mol. The van der Waals surface area contributed by atoms with Gasteiger partial charge in [-0.15, -0.1) is 15.3 Å². The molecule has 2 aromatic heterocycles. The lowest BCUT2D eigenvalue weighted by molar-refractivity contribution is 0.0946. The molecule has 4 rings (SSSR count). The fourth-order valence-corrected chi connectivity index (χ4v) is 3.55. The third-order valence-corrected chi connectivity index (χ3v) is 5.54. The van der Waals surface area contributed by atoms with Crippen molar-refractivity contribution in [3.63, 3.8) is 0 Å². The molecule has 0 bridgehead atoms. The number of rotatable bonds is 8. The van der Waals surface area contributed by atoms with Crippen LogP contribution in [0, 0.1) is 0 Å². The average Bonchev–Trinajstić information content (AvgIpc) is 3.28. The van der Waals surface area contributed by atoms with Crippen molar-refractivity contribution in [1.82, 2.24) is 25.1 Å². The van der Waals surface area contributed by atoms with Crippen LogP contribution in [0.1, 0.15) is 36.7 Å². The number of hydrogen-bond donors (Lipinski definition) is 1. The summed E-state index contributed by atoms with van der Waals surface area (Å²) in [6.07, 6.45) is 0. The maximum atomic E-state index is 12.4. The van der Waals surface area contributed by atoms with Crippen molar-refractivity contribution in [2.75, 3.05) is 27.4 Å². The molecule has 0 aliphatic rings. The number of hydrogen-bond acceptors (Lipinski definition) is 7. The molecule has 0 aliphatic heterocycles. The van der Waals surface area contributed by atoms with Gasteiger partial charge in [0.25, 0.3) is 5.91 Å². The Morgan fingerprint density at radius 1 is 0.971 bits per heavy atom. The highest BCUT2D eigenvalue weighted by atomic mass is 16.5. The van der Waals surface area contributed by atoms with Gasteiger partial charge in [-0.3, -0.25) is 4.79 Å². The number of amides is 1. The van der Waals surface area contributed by atoms with Crippen LogP contribution in [0.25, 0.3) is 17.0 Å². The molecule has 2 heterocycles. The number of aromatic nitrogens is 4. The maximum absolute atomic E-state index is 12.4. The molecular formula is C26H29N5O4. The zero-order chi connectivity index (χ0) is 25.0. The summed E-state index contributed by atoms with van der Waals surface area (Å²) in [6.45, 7) is 7.00. The molecule has 0 spiro atoms. The lowest BCUT2D eigenvalue weighted by atomic mass is 9.87. The van der Waals surface area contributed by atoms with Gasteiger partial charge in [0.05, 0.1) is 26.3 Å². The van der Waals surface area contributed by atoms with Crippen LogP contribution in [0.4, 0.5) is 0 Å². The van der Waals surface area contributed by atoms with Gasteiger partial charge in [-0.05, 0) is 47.4 Å². The number of carbonyl (C=O) groups excluding carboxylic acids is 1. The van der Waals surface area contributed by atoms with E-state index in [9.17, 15) is 4.79 Å². The van der Waals surface area contributed by atoms with E-state index in [1.807, 2.05) is 30.3 Å². The van der Waals surface area contributed by atoms with Crippen LogP contribution in [-0.4, -0.2) is 53.1 Å². The predicted octanol–water partition coefficient (Wildman–Crippen LogP) is 3.91. The molecule has 35 heavy (non-hydrogen) atoms. The monoisotopic (exact) mass is 475 g/mol. The van der Waals surface area contributed by atoms with Crippen LogP contribution in [-0.2, 0) is 5.41 Å². The summed E-state index contributed by atoms with van der Waals surface area (Å²) >= 11 is 0. The SMILES string of the molecule is COc1ccc(OC)c(-c2nnc3ccc(OCCNC(=O)c4ccc(C(C)(C)C)cc4)nn23)c1. The zero-order valence-corrected chi connectivity index (χ0v) is 20.5. The molecule has 1 amide bonds. The van der Waals surface area contributed by atoms with E-state index in [4.69, 9.17) is 14.2 Å². The Labute approximate surface area is 204 Å². The van der Waals surface area contributed by atoms with Gasteiger partial charge < -0.3 is 19.5 Å². The molecule has 2 aromatic carbocycles. The second kappa shape index (κ2) is 10.0. The summed E-state index contributed by atoms with van der Waals surface area (Å²) in [5, 5.41) is 15.8. The lowest BCUT2D eigenvalue weighted by Gasteiger charge is -2.19. The van der Waals surface area contributed by atoms with Crippen LogP contribution in [0.15, 0.2) is 54.6 Å². The highest BCUT2D eigenvalue weighted by Gasteiger charge is 2.17. The minimum Gasteiger partial charge on any atom is -0.497 e. The molecule has 4 aromatic rings. The minimum absolute atomic E-state index is 0.0410. The summed E-state index contributed by atoms with van der Waals surface area (Å²) in [4.78, 5) is 12.4. The molecule has 0 saturated heterocycles. The second-order valence-corrected chi connectivity index (χ2v) is 8.96. The lowest BCUT2D eigenvalue weighted by Crippen LogP contribution is -2.28. The number of ether oxygens (including phenoxy) is 3. The first kappa shape index (κ1) is 24.0. The normalized spacial score (nSPS) is 11.3. The molecule has 9 nitrogen and oxygen atoms in total. The zero-order valence-electron chi connectivity index (χ0n) is 20.5. The van der Waals surface area contributed by atoms with Crippen LogP contribution in [0.3, 0.4) is 0 Å². The molecule has 0 unspecified atom stereocenters. The third-order valence-electron chi connectivity index (χ3n) is 5.54. The Kier molecular flexibility index (Phi) is 6.86. The summed E-state index contributed by atoms with van der Waals surface area (Å²) in [5.41, 5.74) is 3.08. The minimum atomic E-state index is -0.149. The molecule has 0 radical (unpaired) electrons. The van der Waals surface area contributed by atoms with Gasteiger partial charge in [0.15, 0.2) is 11.5 Å². The average molecular weight is 476 g/mol. The fourth-order valence-electron chi connectivity index (χ4n) is 3.55. The van der Waals surface area contributed by atoms with Gasteiger partial charge in [-0.1, -0.05) is 32.9 Å². The van der Waals surface area contributed by atoms with Gasteiger partial charge >= 0.3 is 0 Å². The Morgan fingerprint density at radius 3 is 2.43 bits per heavy atom. The number of carbonyl (C=O) groups is 1. The van der Waals surface area contributed by atoms with Crippen LogP contribution in [0.5, 0.6) is 17.4 Å². The van der Waals surface area contributed by atoms with Crippen LogP contribution in [0.2, 0.25) is 0 Å². The molecule has 1 N–H and O–H groups in total. The van der Waals surface area contributed by atoms with Crippen molar-refractivity contribution in [3.05, 3.63) is 65.7 Å². The number of benzene rings is 2. The van der Waals surface area contributed by atoms with Crippen molar-refractivity contribution >= 4 is 11.6 Å². The third kappa shape index (κ3) is 5.34. The standard InChI is InChI=1S/C26H29N5O4/c1-26(2,3)18-8-6-17(7-9-18)25(32)27-14-15-35-23-13-12-22-28-29-24(31(22)30-23)20-16-19(33-4)10-11-21(20)34-5/h6-13,16H,14-15H2,1-5H3,(H,27,32). The summed E-state index contributed by atoms with van der Waals surface area (Å²) in [6, 6.07) is 16.5. The van der Waals surface area contributed by atoms with Crippen LogP contribution < -0.4 is 19.5 Å². The van der Waals surface area contributed by atoms with E-state index < -0.39 is 0 Å². The Hall–Kier alpha value is -4.14. The van der Waals surface area contributed by atoms with Crippen molar-refractivity contribution in [1.29, 1.82) is 0 Å². The van der Waals surface area contributed by atoms with Gasteiger partial charge in [0, 0.05) is 11.6 Å². The molecule has 9 heteroatoms. The number of nitrogens with zero attached hydrogens (tertiary/aromatic N) is 4. The van der Waals surface area contributed by atoms with E-state index in [1.54, 1.807) is 43.0 Å². The second-order valence-electron chi connectivity index (χ2n) is 8.96. The molecule has 182 valence electrons. The Morgan fingerprint density at radius 2 is 1.74 bits per heavy atom. The van der Waals surface area contributed by atoms with E-state index in [-0.39, 0.29) is 17.9 Å².